The van der Waals surface area contributed by atoms with Gasteiger partial charge in [-0.3, -0.25) is 0 Å². The van der Waals surface area contributed by atoms with Crippen LogP contribution < -0.4 is 11.1 Å². The molecule has 1 aromatic heterocycles. The van der Waals surface area contributed by atoms with Gasteiger partial charge in [0.2, 0.25) is 5.95 Å². The molecule has 1 heterocycles. The summed E-state index contributed by atoms with van der Waals surface area (Å²) in [4.78, 5) is 8.18. The molecular weight excluding hydrogens is 224 g/mol. The van der Waals surface area contributed by atoms with Crippen LogP contribution in [0.3, 0.4) is 0 Å². The van der Waals surface area contributed by atoms with Gasteiger partial charge in [0.15, 0.2) is 0 Å². The Balaban J connectivity index is 1.79. The lowest BCUT2D eigenvalue weighted by atomic mass is 10.1. The summed E-state index contributed by atoms with van der Waals surface area (Å²) in [5.41, 5.74) is 8.82. The first-order valence-corrected chi connectivity index (χ1v) is 6.12. The molecule has 3 N–H and O–H groups in total. The topological polar surface area (TPSA) is 63.8 Å². The molecule has 0 atom stereocenters. The molecule has 4 nitrogen and oxygen atoms in total. The Morgan fingerprint density at radius 2 is 2.00 bits per heavy atom. The molecule has 18 heavy (non-hydrogen) atoms. The van der Waals surface area contributed by atoms with Crippen molar-refractivity contribution in [1.82, 2.24) is 9.97 Å². The molecule has 0 aliphatic carbocycles. The highest BCUT2D eigenvalue weighted by Gasteiger charge is 2.01. The van der Waals surface area contributed by atoms with Gasteiger partial charge in [0, 0.05) is 24.1 Å². The lowest BCUT2D eigenvalue weighted by molar-refractivity contribution is 0.841. The van der Waals surface area contributed by atoms with E-state index in [0.29, 0.717) is 5.95 Å². The highest BCUT2D eigenvalue weighted by Crippen LogP contribution is 2.09. The van der Waals surface area contributed by atoms with Gasteiger partial charge < -0.3 is 11.1 Å². The second-order valence-corrected chi connectivity index (χ2v) is 4.24. The number of hydrogen-bond acceptors (Lipinski definition) is 4. The molecule has 2 aromatic rings. The lowest BCUT2D eigenvalue weighted by Crippen LogP contribution is -2.05. The summed E-state index contributed by atoms with van der Waals surface area (Å²) in [7, 11) is 0. The largest absolute Gasteiger partial charge is 0.385 e. The predicted molar refractivity (Wildman–Crippen MR) is 74.4 cm³/mol. The number of para-hydroxylation sites is 1. The van der Waals surface area contributed by atoms with E-state index in [2.05, 4.69) is 27.4 Å². The van der Waals surface area contributed by atoms with Crippen molar-refractivity contribution in [2.45, 2.75) is 19.8 Å². The van der Waals surface area contributed by atoms with Crippen molar-refractivity contribution in [1.29, 1.82) is 0 Å². The number of nitrogen functional groups attached to an aromatic ring is 1. The van der Waals surface area contributed by atoms with E-state index in [1.165, 1.54) is 5.56 Å². The fourth-order valence-corrected chi connectivity index (χ4v) is 1.82. The van der Waals surface area contributed by atoms with Crippen molar-refractivity contribution in [3.8, 4) is 0 Å². The number of rotatable bonds is 5. The van der Waals surface area contributed by atoms with E-state index in [-0.39, 0.29) is 0 Å². The van der Waals surface area contributed by atoms with Crippen LogP contribution >= 0.6 is 0 Å². The van der Waals surface area contributed by atoms with Gasteiger partial charge in [0.25, 0.3) is 0 Å². The number of benzene rings is 1. The van der Waals surface area contributed by atoms with Gasteiger partial charge in [-0.25, -0.2) is 9.97 Å². The number of hydrogen-bond donors (Lipinski definition) is 2. The van der Waals surface area contributed by atoms with Gasteiger partial charge >= 0.3 is 0 Å². The fraction of sp³-hybridized carbons (Fsp3) is 0.286. The van der Waals surface area contributed by atoms with Crippen molar-refractivity contribution in [2.75, 3.05) is 17.6 Å². The molecule has 0 fully saturated rings. The van der Waals surface area contributed by atoms with Crippen molar-refractivity contribution in [2.24, 2.45) is 0 Å². The molecule has 2 rings (SSSR count). The summed E-state index contributed by atoms with van der Waals surface area (Å²) < 4.78 is 0. The molecule has 0 saturated carbocycles. The van der Waals surface area contributed by atoms with E-state index < -0.39 is 0 Å². The number of aryl methyl sites for hydroxylation is 2. The Kier molecular flexibility index (Phi) is 4.12. The second kappa shape index (κ2) is 6.00. The molecule has 0 radical (unpaired) electrons. The molecule has 1 aromatic carbocycles. The Morgan fingerprint density at radius 1 is 1.22 bits per heavy atom. The maximum absolute atomic E-state index is 5.52. The SMILES string of the molecule is Cc1nc(N)ncc1CCCNc1ccccc1. The van der Waals surface area contributed by atoms with E-state index in [9.17, 15) is 0 Å². The van der Waals surface area contributed by atoms with Gasteiger partial charge in [-0.15, -0.1) is 0 Å². The fourth-order valence-electron chi connectivity index (χ4n) is 1.82. The number of nitrogens with zero attached hydrogens (tertiary/aromatic N) is 2. The molecule has 0 spiro atoms. The third kappa shape index (κ3) is 3.45. The highest BCUT2D eigenvalue weighted by molar-refractivity contribution is 5.42. The Hall–Kier alpha value is -2.10. The molecular formula is C14H18N4. The van der Waals surface area contributed by atoms with Crippen molar-refractivity contribution >= 4 is 11.6 Å². The average molecular weight is 242 g/mol. The average Bonchev–Trinajstić information content (AvgIpc) is 2.38. The van der Waals surface area contributed by atoms with Gasteiger partial charge in [-0.1, -0.05) is 18.2 Å². The smallest absolute Gasteiger partial charge is 0.220 e. The van der Waals surface area contributed by atoms with Crippen LogP contribution in [0.2, 0.25) is 0 Å². The number of anilines is 2. The summed E-state index contributed by atoms with van der Waals surface area (Å²) in [5, 5.41) is 3.38. The summed E-state index contributed by atoms with van der Waals surface area (Å²) in [6.45, 7) is 2.91. The highest BCUT2D eigenvalue weighted by atomic mass is 15.0. The van der Waals surface area contributed by atoms with Crippen LogP contribution in [0.25, 0.3) is 0 Å². The minimum Gasteiger partial charge on any atom is -0.385 e. The van der Waals surface area contributed by atoms with Gasteiger partial charge in [-0.2, -0.15) is 0 Å². The van der Waals surface area contributed by atoms with Crippen molar-refractivity contribution < 1.29 is 0 Å². The summed E-state index contributed by atoms with van der Waals surface area (Å²) in [6, 6.07) is 10.2. The number of nitrogens with two attached hydrogens (primary N) is 1. The Labute approximate surface area is 107 Å². The van der Waals surface area contributed by atoms with Crippen LogP contribution in [-0.4, -0.2) is 16.5 Å². The van der Waals surface area contributed by atoms with Crippen LogP contribution in [0.15, 0.2) is 36.5 Å². The van der Waals surface area contributed by atoms with Crippen LogP contribution in [-0.2, 0) is 6.42 Å². The first-order valence-electron chi connectivity index (χ1n) is 6.12. The number of nitrogens with one attached hydrogen (secondary N) is 1. The summed E-state index contributed by atoms with van der Waals surface area (Å²) in [5.74, 6) is 0.346. The zero-order chi connectivity index (χ0) is 12.8. The van der Waals surface area contributed by atoms with Gasteiger partial charge in [0.1, 0.15) is 0 Å². The monoisotopic (exact) mass is 242 g/mol. The van der Waals surface area contributed by atoms with E-state index >= 15 is 0 Å². The third-order valence-electron chi connectivity index (χ3n) is 2.83. The van der Waals surface area contributed by atoms with E-state index in [4.69, 9.17) is 5.73 Å². The molecule has 0 bridgehead atoms. The summed E-state index contributed by atoms with van der Waals surface area (Å²) in [6.07, 6.45) is 3.83. The van der Waals surface area contributed by atoms with Gasteiger partial charge in [-0.05, 0) is 37.5 Å². The van der Waals surface area contributed by atoms with Crippen LogP contribution in [0.1, 0.15) is 17.7 Å². The molecule has 0 aliphatic heterocycles. The molecule has 0 aliphatic rings. The first kappa shape index (κ1) is 12.4. The summed E-state index contributed by atoms with van der Waals surface area (Å²) >= 11 is 0. The molecule has 0 saturated heterocycles. The minimum absolute atomic E-state index is 0.346. The van der Waals surface area contributed by atoms with Crippen LogP contribution in [0.5, 0.6) is 0 Å². The lowest BCUT2D eigenvalue weighted by Gasteiger charge is -2.07. The second-order valence-electron chi connectivity index (χ2n) is 4.24. The van der Waals surface area contributed by atoms with E-state index in [1.54, 1.807) is 0 Å². The van der Waals surface area contributed by atoms with Crippen LogP contribution in [0, 0.1) is 6.92 Å². The van der Waals surface area contributed by atoms with E-state index in [0.717, 1.165) is 30.8 Å². The van der Waals surface area contributed by atoms with Crippen molar-refractivity contribution in [3.05, 3.63) is 47.8 Å². The predicted octanol–water partition coefficient (Wildman–Crippen LogP) is 2.41. The zero-order valence-electron chi connectivity index (χ0n) is 10.6. The third-order valence-corrected chi connectivity index (χ3v) is 2.83. The normalized spacial score (nSPS) is 10.3. The maximum Gasteiger partial charge on any atom is 0.220 e. The van der Waals surface area contributed by atoms with Crippen LogP contribution in [0.4, 0.5) is 11.6 Å². The van der Waals surface area contributed by atoms with E-state index in [1.807, 2.05) is 31.3 Å². The number of aromatic nitrogens is 2. The molecule has 94 valence electrons. The van der Waals surface area contributed by atoms with Gasteiger partial charge in [0.05, 0.1) is 0 Å². The zero-order valence-corrected chi connectivity index (χ0v) is 10.6. The standard InChI is InChI=1S/C14H18N4/c1-11-12(10-17-14(15)18-11)6-5-9-16-13-7-3-2-4-8-13/h2-4,7-8,10,16H,5-6,9H2,1H3,(H2,15,17,18). The molecule has 4 heteroatoms. The first-order chi connectivity index (χ1) is 8.75. The molecule has 0 amide bonds. The minimum atomic E-state index is 0.346. The van der Waals surface area contributed by atoms with Crippen molar-refractivity contribution in [3.63, 3.8) is 0 Å². The Bertz CT molecular complexity index is 496. The Morgan fingerprint density at radius 3 is 2.72 bits per heavy atom. The quantitative estimate of drug-likeness (QED) is 0.790. The molecule has 0 unspecified atom stereocenters. The maximum atomic E-state index is 5.52.